The fraction of sp³-hybridized carbons (Fsp3) is 0.500. The average molecular weight is 251 g/mol. The minimum absolute atomic E-state index is 0.0308. The van der Waals surface area contributed by atoms with E-state index in [2.05, 4.69) is 5.32 Å². The molecule has 0 unspecified atom stereocenters. The smallest absolute Gasteiger partial charge is 0.389 e. The maximum Gasteiger partial charge on any atom is 0.389 e. The Kier molecular flexibility index (Phi) is 4.42. The molecular weight excluding hydrogens is 239 g/mol. The van der Waals surface area contributed by atoms with Gasteiger partial charge in [-0.2, -0.15) is 13.2 Å². The van der Waals surface area contributed by atoms with Crippen molar-refractivity contribution in [2.45, 2.75) is 25.4 Å². The van der Waals surface area contributed by atoms with Crippen molar-refractivity contribution in [2.24, 2.45) is 0 Å². The van der Waals surface area contributed by atoms with E-state index in [4.69, 9.17) is 9.52 Å². The molecule has 4 nitrogen and oxygen atoms in total. The molecule has 0 amide bonds. The average Bonchev–Trinajstić information content (AvgIpc) is 2.64. The fourth-order valence-corrected chi connectivity index (χ4v) is 1.21. The maximum atomic E-state index is 11.8. The van der Waals surface area contributed by atoms with E-state index in [1.807, 2.05) is 0 Å². The van der Waals surface area contributed by atoms with Crippen molar-refractivity contribution in [3.8, 4) is 0 Å². The molecule has 96 valence electrons. The van der Waals surface area contributed by atoms with Crippen molar-refractivity contribution >= 4 is 11.9 Å². The number of alkyl halides is 3. The Labute approximate surface area is 95.4 Å². The standard InChI is InChI=1S/C10H12F3NO3/c11-10(12,13)5-1-2-6-14-8-4-3-7(17-8)9(15)16/h3-4,14H,1-2,5-6H2,(H,15,16). The first-order valence-corrected chi connectivity index (χ1v) is 5.02. The summed E-state index contributed by atoms with van der Waals surface area (Å²) in [5, 5.41) is 11.3. The predicted molar refractivity (Wildman–Crippen MR) is 54.1 cm³/mol. The summed E-state index contributed by atoms with van der Waals surface area (Å²) in [6, 6.07) is 2.70. The molecule has 0 saturated carbocycles. The van der Waals surface area contributed by atoms with Crippen molar-refractivity contribution in [3.05, 3.63) is 17.9 Å². The van der Waals surface area contributed by atoms with Gasteiger partial charge in [0.25, 0.3) is 0 Å². The molecule has 17 heavy (non-hydrogen) atoms. The third-order valence-electron chi connectivity index (χ3n) is 2.00. The van der Waals surface area contributed by atoms with Gasteiger partial charge in [0.1, 0.15) is 0 Å². The van der Waals surface area contributed by atoms with Crippen molar-refractivity contribution in [3.63, 3.8) is 0 Å². The van der Waals surface area contributed by atoms with Crippen LogP contribution >= 0.6 is 0 Å². The van der Waals surface area contributed by atoms with Crippen LogP contribution in [-0.2, 0) is 0 Å². The van der Waals surface area contributed by atoms with Crippen molar-refractivity contribution in [1.29, 1.82) is 0 Å². The number of nitrogens with one attached hydrogen (secondary N) is 1. The number of aromatic carboxylic acids is 1. The molecule has 0 aromatic carbocycles. The number of unbranched alkanes of at least 4 members (excludes halogenated alkanes) is 1. The summed E-state index contributed by atoms with van der Waals surface area (Å²) >= 11 is 0. The molecule has 0 aliphatic heterocycles. The first-order chi connectivity index (χ1) is 7.88. The molecular formula is C10H12F3NO3. The van der Waals surface area contributed by atoms with E-state index in [9.17, 15) is 18.0 Å². The molecule has 0 fully saturated rings. The zero-order chi connectivity index (χ0) is 12.9. The zero-order valence-corrected chi connectivity index (χ0v) is 8.88. The van der Waals surface area contributed by atoms with Gasteiger partial charge in [0.05, 0.1) is 0 Å². The van der Waals surface area contributed by atoms with E-state index in [0.717, 1.165) is 0 Å². The Morgan fingerprint density at radius 2 is 2.06 bits per heavy atom. The molecule has 0 aliphatic rings. The number of halogens is 3. The summed E-state index contributed by atoms with van der Waals surface area (Å²) in [6.45, 7) is 0.308. The van der Waals surface area contributed by atoms with Crippen LogP contribution in [0, 0.1) is 0 Å². The second-order valence-corrected chi connectivity index (χ2v) is 3.47. The van der Waals surface area contributed by atoms with Crippen LogP contribution in [0.15, 0.2) is 16.5 Å². The van der Waals surface area contributed by atoms with Gasteiger partial charge in [0, 0.05) is 19.0 Å². The van der Waals surface area contributed by atoms with E-state index < -0.39 is 18.6 Å². The van der Waals surface area contributed by atoms with E-state index in [-0.39, 0.29) is 18.1 Å². The van der Waals surface area contributed by atoms with Crippen LogP contribution in [-0.4, -0.2) is 23.8 Å². The van der Waals surface area contributed by atoms with Crippen molar-refractivity contribution in [1.82, 2.24) is 0 Å². The van der Waals surface area contributed by atoms with E-state index >= 15 is 0 Å². The number of hydrogen-bond donors (Lipinski definition) is 2. The first kappa shape index (κ1) is 13.4. The number of carboxylic acid groups (broad SMARTS) is 1. The Bertz CT molecular complexity index is 373. The topological polar surface area (TPSA) is 62.5 Å². The van der Waals surface area contributed by atoms with E-state index in [0.29, 0.717) is 13.0 Å². The van der Waals surface area contributed by atoms with Gasteiger partial charge in [0.2, 0.25) is 5.76 Å². The van der Waals surface area contributed by atoms with Crippen LogP contribution in [0.4, 0.5) is 19.1 Å². The Morgan fingerprint density at radius 1 is 1.35 bits per heavy atom. The third kappa shape index (κ3) is 5.28. The van der Waals surface area contributed by atoms with Crippen LogP contribution in [0.5, 0.6) is 0 Å². The molecule has 7 heteroatoms. The molecule has 0 atom stereocenters. The molecule has 1 rings (SSSR count). The summed E-state index contributed by atoms with van der Waals surface area (Å²) in [4.78, 5) is 10.5. The third-order valence-corrected chi connectivity index (χ3v) is 2.00. The second-order valence-electron chi connectivity index (χ2n) is 3.47. The Hall–Kier alpha value is -1.66. The van der Waals surface area contributed by atoms with Crippen LogP contribution in [0.1, 0.15) is 29.8 Å². The zero-order valence-electron chi connectivity index (χ0n) is 8.88. The van der Waals surface area contributed by atoms with Gasteiger partial charge >= 0.3 is 12.1 Å². The number of carboxylic acids is 1. The maximum absolute atomic E-state index is 11.8. The Morgan fingerprint density at radius 3 is 2.59 bits per heavy atom. The lowest BCUT2D eigenvalue weighted by atomic mass is 10.2. The van der Waals surface area contributed by atoms with Gasteiger partial charge in [-0.05, 0) is 18.9 Å². The highest BCUT2D eigenvalue weighted by atomic mass is 19.4. The second kappa shape index (κ2) is 5.60. The number of hydrogen-bond acceptors (Lipinski definition) is 3. The molecule has 0 bridgehead atoms. The number of carbonyl (C=O) groups is 1. The van der Waals surface area contributed by atoms with Gasteiger partial charge in [-0.25, -0.2) is 4.79 Å². The summed E-state index contributed by atoms with van der Waals surface area (Å²) in [6.07, 6.45) is -4.57. The highest BCUT2D eigenvalue weighted by molar-refractivity contribution is 5.84. The molecule has 1 aromatic rings. The predicted octanol–water partition coefficient (Wildman–Crippen LogP) is 3.12. The van der Waals surface area contributed by atoms with Crippen LogP contribution in [0.25, 0.3) is 0 Å². The highest BCUT2D eigenvalue weighted by Crippen LogP contribution is 2.22. The normalized spacial score (nSPS) is 11.5. The number of furan rings is 1. The van der Waals surface area contributed by atoms with Gasteiger partial charge < -0.3 is 14.8 Å². The lowest BCUT2D eigenvalue weighted by Gasteiger charge is -2.06. The van der Waals surface area contributed by atoms with E-state index in [1.54, 1.807) is 0 Å². The quantitative estimate of drug-likeness (QED) is 0.762. The number of rotatable bonds is 6. The molecule has 0 spiro atoms. The van der Waals surface area contributed by atoms with Crippen LogP contribution in [0.3, 0.4) is 0 Å². The Balaban J connectivity index is 2.20. The van der Waals surface area contributed by atoms with Gasteiger partial charge in [-0.1, -0.05) is 0 Å². The summed E-state index contributed by atoms with van der Waals surface area (Å²) < 4.78 is 40.2. The lowest BCUT2D eigenvalue weighted by Crippen LogP contribution is -2.08. The summed E-state index contributed by atoms with van der Waals surface area (Å²) in [5.74, 6) is -1.15. The van der Waals surface area contributed by atoms with Crippen molar-refractivity contribution < 1.29 is 27.5 Å². The minimum atomic E-state index is -4.12. The van der Waals surface area contributed by atoms with Gasteiger partial charge in [-0.3, -0.25) is 0 Å². The van der Waals surface area contributed by atoms with Crippen LogP contribution in [0.2, 0.25) is 0 Å². The number of anilines is 1. The van der Waals surface area contributed by atoms with Crippen LogP contribution < -0.4 is 5.32 Å². The highest BCUT2D eigenvalue weighted by Gasteiger charge is 2.25. The van der Waals surface area contributed by atoms with Gasteiger partial charge in [-0.15, -0.1) is 0 Å². The molecule has 0 aliphatic carbocycles. The molecule has 0 radical (unpaired) electrons. The SMILES string of the molecule is O=C(O)c1ccc(NCCCCC(F)(F)F)o1. The minimum Gasteiger partial charge on any atom is -0.475 e. The van der Waals surface area contributed by atoms with E-state index in [1.165, 1.54) is 12.1 Å². The molecule has 0 saturated heterocycles. The summed E-state index contributed by atoms with van der Waals surface area (Å²) in [5.41, 5.74) is 0. The largest absolute Gasteiger partial charge is 0.475 e. The molecule has 1 aromatic heterocycles. The molecule has 1 heterocycles. The summed E-state index contributed by atoms with van der Waals surface area (Å²) in [7, 11) is 0. The fourth-order valence-electron chi connectivity index (χ4n) is 1.21. The first-order valence-electron chi connectivity index (χ1n) is 5.02. The molecule has 2 N–H and O–H groups in total. The van der Waals surface area contributed by atoms with Crippen molar-refractivity contribution in [2.75, 3.05) is 11.9 Å². The lowest BCUT2D eigenvalue weighted by molar-refractivity contribution is -0.135. The monoisotopic (exact) mass is 251 g/mol. The van der Waals surface area contributed by atoms with Gasteiger partial charge in [0.15, 0.2) is 5.88 Å².